The quantitative estimate of drug-likeness (QED) is 0.406. The summed E-state index contributed by atoms with van der Waals surface area (Å²) >= 11 is 0. The molecule has 2 heteroatoms. The van der Waals surface area contributed by atoms with E-state index in [1.54, 1.807) is 5.57 Å². The number of aliphatic hydroxyl groups excluding tert-OH is 1. The van der Waals surface area contributed by atoms with Crippen LogP contribution in [0.15, 0.2) is 11.6 Å². The number of hydrogen-bond acceptors (Lipinski definition) is 2. The Morgan fingerprint density at radius 1 is 1.03 bits per heavy atom. The van der Waals surface area contributed by atoms with Crippen molar-refractivity contribution < 1.29 is 9.84 Å². The van der Waals surface area contributed by atoms with E-state index in [-0.39, 0.29) is 6.61 Å². The third kappa shape index (κ3) is 4.42. The van der Waals surface area contributed by atoms with Crippen molar-refractivity contribution in [2.45, 2.75) is 111 Å². The van der Waals surface area contributed by atoms with Crippen LogP contribution in [0, 0.1) is 46.3 Å². The lowest BCUT2D eigenvalue weighted by atomic mass is 9.47. The van der Waals surface area contributed by atoms with Crippen molar-refractivity contribution in [3.05, 3.63) is 11.6 Å². The third-order valence-corrected chi connectivity index (χ3v) is 10.7. The second-order valence-corrected chi connectivity index (χ2v) is 12.7. The SMILES string of the molecule is CC(C)CCC[C@H](C)[C@@H]1CC[C@@H]2[C@H]3CC=C4C[C@@H](OCCO)CC[C@]4(C)[C@@H]3CC[C@]21C. The molecule has 0 aromatic heterocycles. The van der Waals surface area contributed by atoms with Gasteiger partial charge in [0.1, 0.15) is 0 Å². The Hall–Kier alpha value is -0.340. The monoisotopic (exact) mass is 430 g/mol. The topological polar surface area (TPSA) is 29.5 Å². The van der Waals surface area contributed by atoms with Gasteiger partial charge in [-0.3, -0.25) is 0 Å². The minimum Gasteiger partial charge on any atom is -0.394 e. The summed E-state index contributed by atoms with van der Waals surface area (Å²) in [5.74, 6) is 5.44. The Balaban J connectivity index is 1.45. The van der Waals surface area contributed by atoms with Crippen LogP contribution in [0.4, 0.5) is 0 Å². The van der Waals surface area contributed by atoms with Crippen LogP contribution >= 0.6 is 0 Å². The van der Waals surface area contributed by atoms with Gasteiger partial charge in [0.25, 0.3) is 0 Å². The molecule has 0 radical (unpaired) electrons. The first-order chi connectivity index (χ1) is 14.8. The molecule has 2 nitrogen and oxygen atoms in total. The van der Waals surface area contributed by atoms with Gasteiger partial charge in [0.05, 0.1) is 19.3 Å². The molecule has 3 fully saturated rings. The fraction of sp³-hybridized carbons (Fsp3) is 0.931. The molecule has 0 heterocycles. The second kappa shape index (κ2) is 9.49. The lowest BCUT2D eigenvalue weighted by Gasteiger charge is -2.58. The molecule has 0 amide bonds. The number of rotatable bonds is 8. The maximum atomic E-state index is 9.14. The summed E-state index contributed by atoms with van der Waals surface area (Å²) in [7, 11) is 0. The van der Waals surface area contributed by atoms with Crippen molar-refractivity contribution in [1.82, 2.24) is 0 Å². The molecule has 0 spiro atoms. The molecule has 0 aromatic carbocycles. The Labute approximate surface area is 192 Å². The van der Waals surface area contributed by atoms with Gasteiger partial charge in [0.2, 0.25) is 0 Å². The summed E-state index contributed by atoms with van der Waals surface area (Å²) in [6.45, 7) is 13.3. The van der Waals surface area contributed by atoms with Gasteiger partial charge in [0.15, 0.2) is 0 Å². The predicted molar refractivity (Wildman–Crippen MR) is 130 cm³/mol. The van der Waals surface area contributed by atoms with Gasteiger partial charge < -0.3 is 9.84 Å². The first kappa shape index (κ1) is 23.8. The number of hydrogen-bond donors (Lipinski definition) is 1. The molecule has 0 saturated heterocycles. The fourth-order valence-corrected chi connectivity index (χ4v) is 9.01. The molecule has 4 aliphatic carbocycles. The molecule has 1 N–H and O–H groups in total. The first-order valence-corrected chi connectivity index (χ1v) is 13.7. The summed E-state index contributed by atoms with van der Waals surface area (Å²) in [4.78, 5) is 0. The molecule has 0 unspecified atom stereocenters. The van der Waals surface area contributed by atoms with Crippen LogP contribution in [-0.2, 0) is 4.74 Å². The highest BCUT2D eigenvalue weighted by Gasteiger charge is 2.59. The van der Waals surface area contributed by atoms with E-state index >= 15 is 0 Å². The maximum absolute atomic E-state index is 9.14. The Kier molecular flexibility index (Phi) is 7.29. The minimum atomic E-state index is 0.148. The van der Waals surface area contributed by atoms with Crippen molar-refractivity contribution in [1.29, 1.82) is 0 Å². The zero-order valence-corrected chi connectivity index (χ0v) is 21.2. The number of ether oxygens (including phenoxy) is 1. The van der Waals surface area contributed by atoms with E-state index in [4.69, 9.17) is 9.84 Å². The summed E-state index contributed by atoms with van der Waals surface area (Å²) in [5, 5.41) is 9.14. The molecule has 8 atom stereocenters. The van der Waals surface area contributed by atoms with Crippen molar-refractivity contribution in [2.24, 2.45) is 46.3 Å². The molecule has 0 aromatic rings. The fourth-order valence-electron chi connectivity index (χ4n) is 9.01. The van der Waals surface area contributed by atoms with Crippen LogP contribution in [0.1, 0.15) is 105 Å². The van der Waals surface area contributed by atoms with Crippen molar-refractivity contribution in [2.75, 3.05) is 13.2 Å². The largest absolute Gasteiger partial charge is 0.394 e. The van der Waals surface area contributed by atoms with Crippen LogP contribution in [0.5, 0.6) is 0 Å². The zero-order valence-electron chi connectivity index (χ0n) is 21.2. The second-order valence-electron chi connectivity index (χ2n) is 12.7. The smallest absolute Gasteiger partial charge is 0.0701 e. The van der Waals surface area contributed by atoms with Gasteiger partial charge in [-0.25, -0.2) is 0 Å². The summed E-state index contributed by atoms with van der Waals surface area (Å²) in [6, 6.07) is 0. The van der Waals surface area contributed by atoms with E-state index in [0.717, 1.165) is 41.9 Å². The first-order valence-electron chi connectivity index (χ1n) is 13.7. The normalized spacial score (nSPS) is 43.2. The van der Waals surface area contributed by atoms with E-state index in [1.165, 1.54) is 64.2 Å². The number of allylic oxidation sites excluding steroid dienone is 1. The van der Waals surface area contributed by atoms with Gasteiger partial charge in [-0.15, -0.1) is 0 Å². The molecule has 4 aliphatic rings. The van der Waals surface area contributed by atoms with Gasteiger partial charge in [-0.2, -0.15) is 0 Å². The lowest BCUT2D eigenvalue weighted by molar-refractivity contribution is -0.0658. The van der Waals surface area contributed by atoms with Crippen molar-refractivity contribution in [3.63, 3.8) is 0 Å². The molecular formula is C29H50O2. The molecular weight excluding hydrogens is 380 g/mol. The number of fused-ring (bicyclic) bond motifs is 5. The van der Waals surface area contributed by atoms with E-state index in [0.29, 0.717) is 23.5 Å². The zero-order chi connectivity index (χ0) is 22.2. The van der Waals surface area contributed by atoms with Crippen molar-refractivity contribution in [3.8, 4) is 0 Å². The average molecular weight is 431 g/mol. The molecule has 31 heavy (non-hydrogen) atoms. The van der Waals surface area contributed by atoms with Crippen LogP contribution in [0.2, 0.25) is 0 Å². The third-order valence-electron chi connectivity index (χ3n) is 10.7. The van der Waals surface area contributed by atoms with Crippen LogP contribution in [-0.4, -0.2) is 24.4 Å². The van der Waals surface area contributed by atoms with E-state index in [1.807, 2.05) is 0 Å². The van der Waals surface area contributed by atoms with Gasteiger partial charge in [-0.1, -0.05) is 65.5 Å². The summed E-state index contributed by atoms with van der Waals surface area (Å²) < 4.78 is 5.94. The molecule has 0 bridgehead atoms. The van der Waals surface area contributed by atoms with Gasteiger partial charge in [-0.05, 0) is 97.7 Å². The van der Waals surface area contributed by atoms with E-state index < -0.39 is 0 Å². The maximum Gasteiger partial charge on any atom is 0.0701 e. The molecule has 0 aliphatic heterocycles. The Morgan fingerprint density at radius 2 is 1.84 bits per heavy atom. The molecule has 3 saturated carbocycles. The Morgan fingerprint density at radius 3 is 2.58 bits per heavy atom. The van der Waals surface area contributed by atoms with Crippen LogP contribution in [0.3, 0.4) is 0 Å². The Bertz CT molecular complexity index is 639. The van der Waals surface area contributed by atoms with Crippen LogP contribution in [0.25, 0.3) is 0 Å². The highest BCUT2D eigenvalue weighted by atomic mass is 16.5. The van der Waals surface area contributed by atoms with E-state index in [2.05, 4.69) is 40.7 Å². The lowest BCUT2D eigenvalue weighted by Crippen LogP contribution is -2.51. The standard InChI is InChI=1S/C29H50O2/c1-20(2)7-6-8-21(3)25-11-12-26-24-10-9-22-19-23(31-18-17-30)13-15-28(22,4)27(24)14-16-29(25,26)5/h9,20-21,23-27,30H,6-8,10-19H2,1-5H3/t21-,23-,24+,25-,26+,27+,28-,29-/m0/s1. The van der Waals surface area contributed by atoms with Crippen molar-refractivity contribution >= 4 is 0 Å². The number of aliphatic hydroxyl groups is 1. The molecule has 178 valence electrons. The predicted octanol–water partition coefficient (Wildman–Crippen LogP) is 7.41. The minimum absolute atomic E-state index is 0.148. The van der Waals surface area contributed by atoms with E-state index in [9.17, 15) is 0 Å². The van der Waals surface area contributed by atoms with Crippen LogP contribution < -0.4 is 0 Å². The van der Waals surface area contributed by atoms with Gasteiger partial charge >= 0.3 is 0 Å². The van der Waals surface area contributed by atoms with Gasteiger partial charge in [0, 0.05) is 0 Å². The average Bonchev–Trinajstić information content (AvgIpc) is 3.09. The summed E-state index contributed by atoms with van der Waals surface area (Å²) in [5.41, 5.74) is 2.69. The highest BCUT2D eigenvalue weighted by molar-refractivity contribution is 5.25. The molecule has 4 rings (SSSR count). The highest BCUT2D eigenvalue weighted by Crippen LogP contribution is 2.67. The summed E-state index contributed by atoms with van der Waals surface area (Å²) in [6.07, 6.45) is 18.0.